The molecule has 5 N–H and O–H groups in total. The molecule has 0 fully saturated rings. The van der Waals surface area contributed by atoms with Crippen LogP contribution in [0.4, 0.5) is 20.6 Å². The predicted molar refractivity (Wildman–Crippen MR) is 123 cm³/mol. The molecule has 166 valence electrons. The lowest BCUT2D eigenvalue weighted by Crippen LogP contribution is -2.42. The fraction of sp³-hybridized carbons (Fsp3) is 0.261. The van der Waals surface area contributed by atoms with Gasteiger partial charge in [0.05, 0.1) is 16.6 Å². The molecule has 0 bridgehead atoms. The highest BCUT2D eigenvalue weighted by molar-refractivity contribution is 7.13. The van der Waals surface area contributed by atoms with E-state index < -0.39 is 11.9 Å². The van der Waals surface area contributed by atoms with Gasteiger partial charge in [-0.05, 0) is 41.8 Å². The number of nitrogen functional groups attached to an aromatic ring is 1. The summed E-state index contributed by atoms with van der Waals surface area (Å²) in [6.45, 7) is 4.54. The highest BCUT2D eigenvalue weighted by Crippen LogP contribution is 2.41. The van der Waals surface area contributed by atoms with Crippen LogP contribution in [-0.4, -0.2) is 28.4 Å². The molecular formula is C23H24FN5O2S. The minimum Gasteiger partial charge on any atom is -0.398 e. The zero-order chi connectivity index (χ0) is 23.0. The maximum Gasteiger partial charge on any atom is 0.322 e. The maximum atomic E-state index is 13.3. The summed E-state index contributed by atoms with van der Waals surface area (Å²) in [5, 5.41) is 3.04. The van der Waals surface area contributed by atoms with Gasteiger partial charge >= 0.3 is 6.03 Å². The minimum atomic E-state index is -0.602. The molecule has 1 unspecified atom stereocenters. The monoisotopic (exact) mass is 453 g/mol. The number of halogens is 1. The lowest BCUT2D eigenvalue weighted by Gasteiger charge is -2.36. The van der Waals surface area contributed by atoms with Crippen molar-refractivity contribution in [1.82, 2.24) is 9.88 Å². The molecule has 0 saturated carbocycles. The molecule has 0 radical (unpaired) electrons. The van der Waals surface area contributed by atoms with Crippen molar-refractivity contribution in [2.45, 2.75) is 32.2 Å². The first-order chi connectivity index (χ1) is 15.2. The Morgan fingerprint density at radius 3 is 2.59 bits per heavy atom. The number of fused-ring (bicyclic) bond motifs is 1. The van der Waals surface area contributed by atoms with E-state index in [9.17, 15) is 14.0 Å². The third kappa shape index (κ3) is 4.16. The molecule has 1 aromatic heterocycles. The van der Waals surface area contributed by atoms with Crippen LogP contribution in [0.15, 0.2) is 42.5 Å². The maximum absolute atomic E-state index is 13.3. The molecule has 1 aliphatic heterocycles. The smallest absolute Gasteiger partial charge is 0.322 e. The number of primary amides is 1. The second-order valence-corrected chi connectivity index (χ2v) is 9.05. The number of carbonyl (C=O) groups excluding carboxylic acids is 2. The van der Waals surface area contributed by atoms with Crippen LogP contribution >= 0.6 is 11.3 Å². The number of nitrogens with two attached hydrogens (primary N) is 2. The van der Waals surface area contributed by atoms with E-state index >= 15 is 0 Å². The van der Waals surface area contributed by atoms with Gasteiger partial charge in [-0.3, -0.25) is 4.79 Å². The molecule has 0 saturated heterocycles. The molecule has 2 aromatic carbocycles. The Hall–Kier alpha value is -3.46. The number of nitrogens with zero attached hydrogens (tertiary/aromatic N) is 2. The summed E-state index contributed by atoms with van der Waals surface area (Å²) < 4.78 is 13.3. The van der Waals surface area contributed by atoms with E-state index in [-0.39, 0.29) is 22.8 Å². The number of nitrogens with one attached hydrogen (secondary N) is 1. The van der Waals surface area contributed by atoms with Crippen LogP contribution in [0.2, 0.25) is 0 Å². The second kappa shape index (κ2) is 8.58. The molecule has 3 amide bonds. The van der Waals surface area contributed by atoms with Crippen molar-refractivity contribution in [3.63, 3.8) is 0 Å². The van der Waals surface area contributed by atoms with Crippen LogP contribution in [0.5, 0.6) is 0 Å². The van der Waals surface area contributed by atoms with E-state index in [4.69, 9.17) is 11.5 Å². The lowest BCUT2D eigenvalue weighted by molar-refractivity contribution is 0.0999. The van der Waals surface area contributed by atoms with Gasteiger partial charge in [0.15, 0.2) is 5.01 Å². The van der Waals surface area contributed by atoms with Crippen LogP contribution in [0.25, 0.3) is 0 Å². The summed E-state index contributed by atoms with van der Waals surface area (Å²) in [6.07, 6.45) is 0.482. The van der Waals surface area contributed by atoms with E-state index in [2.05, 4.69) is 24.1 Å². The van der Waals surface area contributed by atoms with Gasteiger partial charge in [0.25, 0.3) is 5.91 Å². The topological polar surface area (TPSA) is 114 Å². The van der Waals surface area contributed by atoms with E-state index in [1.807, 2.05) is 18.2 Å². The van der Waals surface area contributed by atoms with Gasteiger partial charge < -0.3 is 21.7 Å². The minimum absolute atomic E-state index is 0.208. The number of urea groups is 1. The normalized spacial score (nSPS) is 15.5. The quantitative estimate of drug-likeness (QED) is 0.512. The highest BCUT2D eigenvalue weighted by atomic mass is 32.1. The third-order valence-electron chi connectivity index (χ3n) is 5.52. The van der Waals surface area contributed by atoms with E-state index in [1.165, 1.54) is 35.6 Å². The van der Waals surface area contributed by atoms with Gasteiger partial charge in [-0.15, -0.1) is 11.3 Å². The first-order valence-electron chi connectivity index (χ1n) is 10.3. The number of benzene rings is 2. The van der Waals surface area contributed by atoms with Crippen LogP contribution in [0.3, 0.4) is 0 Å². The molecule has 4 rings (SSSR count). The van der Waals surface area contributed by atoms with Crippen molar-refractivity contribution in [1.29, 1.82) is 0 Å². The number of hydrogen-bond donors (Lipinski definition) is 3. The summed E-state index contributed by atoms with van der Waals surface area (Å²) in [7, 11) is 0. The molecular weight excluding hydrogens is 429 g/mol. The Morgan fingerprint density at radius 2 is 1.94 bits per heavy atom. The molecule has 1 aliphatic rings. The number of amides is 3. The molecule has 32 heavy (non-hydrogen) atoms. The molecule has 0 spiro atoms. The summed E-state index contributed by atoms with van der Waals surface area (Å²) in [5.74, 6) is -0.721. The molecule has 9 heteroatoms. The zero-order valence-electron chi connectivity index (χ0n) is 17.8. The molecule has 0 aliphatic carbocycles. The van der Waals surface area contributed by atoms with Crippen molar-refractivity contribution < 1.29 is 14.0 Å². The second-order valence-electron chi connectivity index (χ2n) is 8.02. The van der Waals surface area contributed by atoms with Crippen LogP contribution in [-0.2, 0) is 6.42 Å². The highest BCUT2D eigenvalue weighted by Gasteiger charge is 2.36. The van der Waals surface area contributed by atoms with Crippen LogP contribution in [0, 0.1) is 5.82 Å². The fourth-order valence-corrected chi connectivity index (χ4v) is 4.90. The molecule has 1 atom stereocenters. The number of hydrogen-bond acceptors (Lipinski definition) is 5. The Balaban J connectivity index is 1.78. The van der Waals surface area contributed by atoms with E-state index in [0.717, 1.165) is 21.7 Å². The average molecular weight is 454 g/mol. The van der Waals surface area contributed by atoms with E-state index in [0.29, 0.717) is 24.3 Å². The van der Waals surface area contributed by atoms with Crippen LogP contribution < -0.4 is 16.8 Å². The number of carbonyl (C=O) groups is 2. The van der Waals surface area contributed by atoms with Gasteiger partial charge in [0.2, 0.25) is 0 Å². The summed E-state index contributed by atoms with van der Waals surface area (Å²) in [6, 6.07) is 10.5. The zero-order valence-corrected chi connectivity index (χ0v) is 18.6. The Bertz CT molecular complexity index is 1180. The van der Waals surface area contributed by atoms with Crippen molar-refractivity contribution in [3.8, 4) is 0 Å². The first-order valence-corrected chi connectivity index (χ1v) is 11.1. The summed E-state index contributed by atoms with van der Waals surface area (Å²) >= 11 is 1.19. The van der Waals surface area contributed by atoms with Crippen molar-refractivity contribution >= 4 is 34.6 Å². The van der Waals surface area contributed by atoms with Gasteiger partial charge in [0.1, 0.15) is 5.82 Å². The standard InChI is InChI=1S/C23H24FN5O2S/c1-12(2)13-3-8-17(25)16(11-13)19-20-18(28-22(32-20)21(26)30)9-10-29(19)23(31)27-15-6-4-14(24)5-7-15/h3-8,11-12,19H,9-10,25H2,1-2H3,(H2,26,30)(H,27,31). The summed E-state index contributed by atoms with van der Waals surface area (Å²) in [4.78, 5) is 31.9. The van der Waals surface area contributed by atoms with Crippen molar-refractivity contribution in [2.24, 2.45) is 5.73 Å². The SMILES string of the molecule is CC(C)c1ccc(N)c(C2c3sc(C(N)=O)nc3CCN2C(=O)Nc2ccc(F)cc2)c1. The van der Waals surface area contributed by atoms with Gasteiger partial charge in [0, 0.05) is 29.9 Å². The predicted octanol–water partition coefficient (Wildman–Crippen LogP) is 4.27. The molecule has 7 nitrogen and oxygen atoms in total. The Morgan fingerprint density at radius 1 is 1.22 bits per heavy atom. The largest absolute Gasteiger partial charge is 0.398 e. The first kappa shape index (κ1) is 21.8. The van der Waals surface area contributed by atoms with Crippen molar-refractivity contribution in [3.05, 3.63) is 75.0 Å². The molecule has 2 heterocycles. The van der Waals surface area contributed by atoms with Gasteiger partial charge in [-0.2, -0.15) is 0 Å². The van der Waals surface area contributed by atoms with Gasteiger partial charge in [-0.25, -0.2) is 14.2 Å². The fourth-order valence-electron chi connectivity index (χ4n) is 3.80. The lowest BCUT2D eigenvalue weighted by atomic mass is 9.92. The number of rotatable bonds is 4. The van der Waals surface area contributed by atoms with Crippen LogP contribution in [0.1, 0.15) is 57.3 Å². The Labute approximate surface area is 189 Å². The number of thiazole rings is 1. The van der Waals surface area contributed by atoms with Gasteiger partial charge in [-0.1, -0.05) is 26.0 Å². The average Bonchev–Trinajstić information content (AvgIpc) is 3.20. The molecule has 3 aromatic rings. The third-order valence-corrected chi connectivity index (χ3v) is 6.68. The summed E-state index contributed by atoms with van der Waals surface area (Å²) in [5.41, 5.74) is 15.5. The van der Waals surface area contributed by atoms with Crippen molar-refractivity contribution in [2.75, 3.05) is 17.6 Å². The van der Waals surface area contributed by atoms with E-state index in [1.54, 1.807) is 4.90 Å². The number of anilines is 2. The number of aromatic nitrogens is 1. The Kier molecular flexibility index (Phi) is 5.84.